The molecule has 2 aliphatic heterocycles. The lowest BCUT2D eigenvalue weighted by Gasteiger charge is -2.62. The van der Waals surface area contributed by atoms with Gasteiger partial charge in [-0.3, -0.25) is 0 Å². The molecular weight excluding hydrogens is 474 g/mol. The molecule has 4 aliphatic carbocycles. The Balaban J connectivity index is 1.44. The molecule has 2 heterocycles. The molecule has 4 heteroatoms. The molecule has 4 bridgehead atoms. The molecule has 192 valence electrons. The largest absolute Gasteiger partial charge is 0.316 e. The standard InChI is InChI=1S/C32H44N2P2/c35-20-31(27-13-21-12-22(15-27)16-28(31)14-21)29-7-6-24(23-4-2-1-3-5-23)17-30(29)32(36,25-8-10-33-18-25)26-9-11-34-19-26/h1-7,17,21-22,25-28,33-34H,8-16,18-20,35-36H2. The molecule has 6 aliphatic rings. The molecule has 2 saturated heterocycles. The number of benzene rings is 2. The van der Waals surface area contributed by atoms with Gasteiger partial charge in [-0.25, -0.2) is 0 Å². The van der Waals surface area contributed by atoms with E-state index in [4.69, 9.17) is 0 Å². The van der Waals surface area contributed by atoms with Crippen LogP contribution in [0.3, 0.4) is 0 Å². The number of hydrogen-bond donors (Lipinski definition) is 2. The molecule has 2 nitrogen and oxygen atoms in total. The summed E-state index contributed by atoms with van der Waals surface area (Å²) in [6, 6.07) is 18.9. The first-order chi connectivity index (χ1) is 17.6. The molecule has 4 saturated carbocycles. The zero-order chi connectivity index (χ0) is 24.3. The SMILES string of the molecule is PCC1(c2ccc(-c3ccccc3)cc2C(P)(C2CCNC2)C2CCNC2)C2CC3CC(C2)CC1C3. The van der Waals surface area contributed by atoms with Gasteiger partial charge in [-0.2, -0.15) is 0 Å². The van der Waals surface area contributed by atoms with Crippen molar-refractivity contribution in [1.82, 2.24) is 10.6 Å². The Labute approximate surface area is 223 Å². The summed E-state index contributed by atoms with van der Waals surface area (Å²) in [6.07, 6.45) is 11.2. The maximum atomic E-state index is 3.75. The molecule has 36 heavy (non-hydrogen) atoms. The molecule has 0 aromatic heterocycles. The van der Waals surface area contributed by atoms with E-state index in [1.54, 1.807) is 11.1 Å². The lowest BCUT2D eigenvalue weighted by Crippen LogP contribution is -2.57. The second-order valence-corrected chi connectivity index (χ2v) is 14.4. The zero-order valence-electron chi connectivity index (χ0n) is 21.7. The van der Waals surface area contributed by atoms with Crippen LogP contribution in [0.2, 0.25) is 0 Å². The van der Waals surface area contributed by atoms with Crippen LogP contribution in [0.15, 0.2) is 48.5 Å². The third-order valence-electron chi connectivity index (χ3n) is 11.5. The Kier molecular flexibility index (Phi) is 6.37. The summed E-state index contributed by atoms with van der Waals surface area (Å²) >= 11 is 0. The van der Waals surface area contributed by atoms with Crippen molar-refractivity contribution in [3.8, 4) is 11.1 Å². The normalized spacial score (nSPS) is 38.9. The lowest BCUT2D eigenvalue weighted by molar-refractivity contribution is -0.0507. The molecule has 8 rings (SSSR count). The predicted molar refractivity (Wildman–Crippen MR) is 159 cm³/mol. The highest BCUT2D eigenvalue weighted by Gasteiger charge is 2.59. The topological polar surface area (TPSA) is 24.1 Å². The smallest absolute Gasteiger partial charge is 0.0182 e. The molecule has 0 radical (unpaired) electrons. The fraction of sp³-hybridized carbons (Fsp3) is 0.625. The van der Waals surface area contributed by atoms with Crippen molar-refractivity contribution in [2.75, 3.05) is 32.3 Å². The maximum Gasteiger partial charge on any atom is 0.0182 e. The third-order valence-corrected chi connectivity index (χ3v) is 13.4. The van der Waals surface area contributed by atoms with Crippen molar-refractivity contribution >= 4 is 18.5 Å². The summed E-state index contributed by atoms with van der Waals surface area (Å²) in [5.74, 6) is 5.09. The average Bonchev–Trinajstić information content (AvgIpc) is 3.64. The van der Waals surface area contributed by atoms with E-state index in [1.165, 1.54) is 62.2 Å². The molecular formula is C32H44N2P2. The quantitative estimate of drug-likeness (QED) is 0.444. The Hall–Kier alpha value is -0.780. The first-order valence-electron chi connectivity index (χ1n) is 14.7. The third kappa shape index (κ3) is 3.65. The minimum absolute atomic E-state index is 0.120. The van der Waals surface area contributed by atoms with Crippen molar-refractivity contribution in [2.45, 2.75) is 55.5 Å². The molecule has 0 amide bonds. The molecule has 2 aromatic carbocycles. The molecule has 6 fully saturated rings. The zero-order valence-corrected chi connectivity index (χ0v) is 24.0. The van der Waals surface area contributed by atoms with Crippen molar-refractivity contribution < 1.29 is 0 Å². The van der Waals surface area contributed by atoms with Gasteiger partial charge in [-0.1, -0.05) is 42.5 Å². The van der Waals surface area contributed by atoms with Crippen molar-refractivity contribution in [3.05, 3.63) is 59.7 Å². The second-order valence-electron chi connectivity index (χ2n) is 13.0. The van der Waals surface area contributed by atoms with Crippen LogP contribution in [0, 0.1) is 35.5 Å². The van der Waals surface area contributed by atoms with Crippen LogP contribution in [0.25, 0.3) is 11.1 Å². The van der Waals surface area contributed by atoms with E-state index >= 15 is 0 Å². The van der Waals surface area contributed by atoms with E-state index in [-0.39, 0.29) is 5.16 Å². The molecule has 4 atom stereocenters. The van der Waals surface area contributed by atoms with Gasteiger partial charge in [0.1, 0.15) is 0 Å². The molecule has 2 N–H and O–H groups in total. The van der Waals surface area contributed by atoms with Gasteiger partial charge in [0.25, 0.3) is 0 Å². The van der Waals surface area contributed by atoms with E-state index in [0.717, 1.165) is 49.9 Å². The average molecular weight is 519 g/mol. The maximum absolute atomic E-state index is 3.75. The van der Waals surface area contributed by atoms with Crippen LogP contribution >= 0.6 is 18.5 Å². The lowest BCUT2D eigenvalue weighted by atomic mass is 9.43. The highest BCUT2D eigenvalue weighted by Crippen LogP contribution is 2.65. The van der Waals surface area contributed by atoms with Crippen LogP contribution in [-0.2, 0) is 10.6 Å². The van der Waals surface area contributed by atoms with Crippen LogP contribution < -0.4 is 10.6 Å². The van der Waals surface area contributed by atoms with Gasteiger partial charge in [-0.05, 0) is 141 Å². The van der Waals surface area contributed by atoms with Gasteiger partial charge in [0.05, 0.1) is 0 Å². The van der Waals surface area contributed by atoms with Gasteiger partial charge in [0.15, 0.2) is 0 Å². The van der Waals surface area contributed by atoms with E-state index in [0.29, 0.717) is 17.3 Å². The summed E-state index contributed by atoms with van der Waals surface area (Å²) in [5.41, 5.74) is 6.52. The summed E-state index contributed by atoms with van der Waals surface area (Å²) in [6.45, 7) is 4.63. The van der Waals surface area contributed by atoms with Crippen LogP contribution in [-0.4, -0.2) is 32.3 Å². The number of rotatable bonds is 6. The van der Waals surface area contributed by atoms with Crippen LogP contribution in [0.4, 0.5) is 0 Å². The Bertz CT molecular complexity index is 1040. The van der Waals surface area contributed by atoms with Crippen molar-refractivity contribution in [1.29, 1.82) is 0 Å². The summed E-state index contributed by atoms with van der Waals surface area (Å²) in [4.78, 5) is 0. The second kappa shape index (κ2) is 9.45. The highest BCUT2D eigenvalue weighted by atomic mass is 31.0. The Morgan fingerprint density at radius 1 is 0.778 bits per heavy atom. The van der Waals surface area contributed by atoms with Crippen molar-refractivity contribution in [2.24, 2.45) is 35.5 Å². The van der Waals surface area contributed by atoms with Gasteiger partial charge >= 0.3 is 0 Å². The predicted octanol–water partition coefficient (Wildman–Crippen LogP) is 6.21. The fourth-order valence-corrected chi connectivity index (χ4v) is 11.6. The molecule has 4 unspecified atom stereocenters. The van der Waals surface area contributed by atoms with E-state index < -0.39 is 0 Å². The van der Waals surface area contributed by atoms with E-state index in [9.17, 15) is 0 Å². The molecule has 0 spiro atoms. The highest BCUT2D eigenvalue weighted by molar-refractivity contribution is 7.18. The Morgan fingerprint density at radius 3 is 1.92 bits per heavy atom. The van der Waals surface area contributed by atoms with Crippen molar-refractivity contribution in [3.63, 3.8) is 0 Å². The van der Waals surface area contributed by atoms with Crippen LogP contribution in [0.1, 0.15) is 56.1 Å². The number of nitrogens with one attached hydrogen (secondary N) is 2. The summed E-state index contributed by atoms with van der Waals surface area (Å²) < 4.78 is 0. The first-order valence-corrected chi connectivity index (χ1v) is 16.1. The van der Waals surface area contributed by atoms with Gasteiger partial charge < -0.3 is 10.6 Å². The van der Waals surface area contributed by atoms with Gasteiger partial charge in [0.2, 0.25) is 0 Å². The van der Waals surface area contributed by atoms with Crippen LogP contribution in [0.5, 0.6) is 0 Å². The molecule has 2 aromatic rings. The van der Waals surface area contributed by atoms with Gasteiger partial charge in [0, 0.05) is 10.6 Å². The van der Waals surface area contributed by atoms with E-state index in [2.05, 4.69) is 77.6 Å². The summed E-state index contributed by atoms with van der Waals surface area (Å²) in [5, 5.41) is 7.63. The first kappa shape index (κ1) is 24.3. The van der Waals surface area contributed by atoms with E-state index in [1.807, 2.05) is 0 Å². The minimum Gasteiger partial charge on any atom is -0.316 e. The fourth-order valence-electron chi connectivity index (χ4n) is 9.92. The Morgan fingerprint density at radius 2 is 1.39 bits per heavy atom. The minimum atomic E-state index is 0.120. The summed E-state index contributed by atoms with van der Waals surface area (Å²) in [7, 11) is 6.83. The van der Waals surface area contributed by atoms with Gasteiger partial charge in [-0.15, -0.1) is 18.5 Å². The monoisotopic (exact) mass is 518 g/mol. The number of hydrogen-bond acceptors (Lipinski definition) is 2.